The molecule has 1 heterocycles. The van der Waals surface area contributed by atoms with Gasteiger partial charge in [0.15, 0.2) is 0 Å². The molecule has 1 nitrogen and oxygen atoms in total. The lowest BCUT2D eigenvalue weighted by atomic mass is 9.97. The van der Waals surface area contributed by atoms with E-state index in [-0.39, 0.29) is 12.3 Å². The Kier molecular flexibility index (Phi) is 4.33. The standard InChI is InChI=1S/C12H16F3N/c1-9(4-3-7-12(13,14)15)11-6-5-10(2)16-8-11/h5-6,8-9H,3-4,7H2,1-2H3. The molecule has 0 spiro atoms. The van der Waals surface area contributed by atoms with Crippen LogP contribution >= 0.6 is 0 Å². The van der Waals surface area contributed by atoms with Crippen molar-refractivity contribution in [1.82, 2.24) is 4.98 Å². The smallest absolute Gasteiger partial charge is 0.261 e. The van der Waals surface area contributed by atoms with E-state index in [1.807, 2.05) is 26.0 Å². The molecule has 4 heteroatoms. The molecular formula is C12H16F3N. The Balaban J connectivity index is 2.41. The fourth-order valence-corrected chi connectivity index (χ4v) is 1.55. The summed E-state index contributed by atoms with van der Waals surface area (Å²) in [5, 5.41) is 0. The van der Waals surface area contributed by atoms with Gasteiger partial charge in [0.05, 0.1) is 0 Å². The number of hydrogen-bond donors (Lipinski definition) is 0. The van der Waals surface area contributed by atoms with Crippen molar-refractivity contribution in [2.24, 2.45) is 0 Å². The van der Waals surface area contributed by atoms with Crippen LogP contribution in [0.5, 0.6) is 0 Å². The molecule has 16 heavy (non-hydrogen) atoms. The van der Waals surface area contributed by atoms with Gasteiger partial charge in [-0.15, -0.1) is 0 Å². The zero-order chi connectivity index (χ0) is 12.2. The Bertz CT molecular complexity index is 316. The molecule has 1 atom stereocenters. The zero-order valence-corrected chi connectivity index (χ0v) is 9.51. The molecule has 1 rings (SSSR count). The maximum Gasteiger partial charge on any atom is 0.389 e. The Hall–Kier alpha value is -1.06. The Morgan fingerprint density at radius 2 is 2.00 bits per heavy atom. The average Bonchev–Trinajstić information content (AvgIpc) is 2.16. The van der Waals surface area contributed by atoms with Crippen molar-refractivity contribution >= 4 is 0 Å². The third-order valence-corrected chi connectivity index (χ3v) is 2.60. The SMILES string of the molecule is Cc1ccc(C(C)CCCC(F)(F)F)cn1. The molecule has 1 aromatic rings. The van der Waals surface area contributed by atoms with E-state index in [0.29, 0.717) is 6.42 Å². The summed E-state index contributed by atoms with van der Waals surface area (Å²) in [6.07, 6.45) is -2.27. The number of rotatable bonds is 4. The second-order valence-corrected chi connectivity index (χ2v) is 4.14. The minimum Gasteiger partial charge on any atom is -0.261 e. The summed E-state index contributed by atoms with van der Waals surface area (Å²) in [7, 11) is 0. The van der Waals surface area contributed by atoms with Crippen LogP contribution in [0.2, 0.25) is 0 Å². The molecule has 0 bridgehead atoms. The van der Waals surface area contributed by atoms with E-state index in [9.17, 15) is 13.2 Å². The highest BCUT2D eigenvalue weighted by Gasteiger charge is 2.26. The van der Waals surface area contributed by atoms with E-state index < -0.39 is 12.6 Å². The first-order valence-electron chi connectivity index (χ1n) is 5.38. The average molecular weight is 231 g/mol. The summed E-state index contributed by atoms with van der Waals surface area (Å²) in [4.78, 5) is 4.13. The lowest BCUT2D eigenvalue weighted by Crippen LogP contribution is -2.07. The van der Waals surface area contributed by atoms with E-state index >= 15 is 0 Å². The third kappa shape index (κ3) is 4.64. The van der Waals surface area contributed by atoms with Crippen molar-refractivity contribution in [3.63, 3.8) is 0 Å². The fraction of sp³-hybridized carbons (Fsp3) is 0.583. The van der Waals surface area contributed by atoms with Crippen LogP contribution in [-0.2, 0) is 0 Å². The van der Waals surface area contributed by atoms with Crippen LogP contribution in [-0.4, -0.2) is 11.2 Å². The van der Waals surface area contributed by atoms with E-state index in [1.54, 1.807) is 6.20 Å². The molecule has 0 aliphatic rings. The van der Waals surface area contributed by atoms with E-state index in [1.165, 1.54) is 0 Å². The molecule has 0 aliphatic carbocycles. The first-order chi connectivity index (χ1) is 7.38. The van der Waals surface area contributed by atoms with Gasteiger partial charge in [0.2, 0.25) is 0 Å². The molecule has 0 fully saturated rings. The van der Waals surface area contributed by atoms with Crippen molar-refractivity contribution < 1.29 is 13.2 Å². The monoisotopic (exact) mass is 231 g/mol. The molecule has 1 aromatic heterocycles. The van der Waals surface area contributed by atoms with Gasteiger partial charge in [-0.2, -0.15) is 13.2 Å². The highest BCUT2D eigenvalue weighted by atomic mass is 19.4. The van der Waals surface area contributed by atoms with Crippen LogP contribution in [0.4, 0.5) is 13.2 Å². The zero-order valence-electron chi connectivity index (χ0n) is 9.51. The minimum atomic E-state index is -4.04. The molecular weight excluding hydrogens is 215 g/mol. The van der Waals surface area contributed by atoms with Crippen LogP contribution < -0.4 is 0 Å². The number of nitrogens with zero attached hydrogens (tertiary/aromatic N) is 1. The van der Waals surface area contributed by atoms with Crippen molar-refractivity contribution in [1.29, 1.82) is 0 Å². The van der Waals surface area contributed by atoms with E-state index in [0.717, 1.165) is 11.3 Å². The molecule has 0 N–H and O–H groups in total. The van der Waals surface area contributed by atoms with Gasteiger partial charge in [0.25, 0.3) is 0 Å². The van der Waals surface area contributed by atoms with Crippen molar-refractivity contribution in [2.75, 3.05) is 0 Å². The normalized spacial score (nSPS) is 13.8. The van der Waals surface area contributed by atoms with Gasteiger partial charge >= 0.3 is 6.18 Å². The van der Waals surface area contributed by atoms with E-state index in [2.05, 4.69) is 4.98 Å². The number of hydrogen-bond acceptors (Lipinski definition) is 1. The number of alkyl halides is 3. The van der Waals surface area contributed by atoms with Crippen LogP contribution in [0.3, 0.4) is 0 Å². The highest BCUT2D eigenvalue weighted by Crippen LogP contribution is 2.26. The molecule has 1 unspecified atom stereocenters. The lowest BCUT2D eigenvalue weighted by Gasteiger charge is -2.12. The summed E-state index contributed by atoms with van der Waals surface area (Å²) in [5.41, 5.74) is 1.93. The number of aryl methyl sites for hydroxylation is 1. The fourth-order valence-electron chi connectivity index (χ4n) is 1.55. The molecule has 90 valence electrons. The van der Waals surface area contributed by atoms with Crippen molar-refractivity contribution in [3.8, 4) is 0 Å². The van der Waals surface area contributed by atoms with Gasteiger partial charge < -0.3 is 0 Å². The van der Waals surface area contributed by atoms with Crippen LogP contribution in [0.1, 0.15) is 43.4 Å². The number of pyridine rings is 1. The van der Waals surface area contributed by atoms with Gasteiger partial charge in [-0.25, -0.2) is 0 Å². The number of halogens is 3. The van der Waals surface area contributed by atoms with E-state index in [4.69, 9.17) is 0 Å². The van der Waals surface area contributed by atoms with Gasteiger partial charge in [0, 0.05) is 18.3 Å². The Morgan fingerprint density at radius 1 is 1.31 bits per heavy atom. The molecule has 0 aliphatic heterocycles. The predicted octanol–water partition coefficient (Wildman–Crippen LogP) is 4.23. The molecule has 0 amide bonds. The molecule has 0 aromatic carbocycles. The first kappa shape index (κ1) is 13.0. The summed E-state index contributed by atoms with van der Waals surface area (Å²) in [5.74, 6) is 0.135. The summed E-state index contributed by atoms with van der Waals surface area (Å²) in [6, 6.07) is 3.82. The number of aromatic nitrogens is 1. The summed E-state index contributed by atoms with van der Waals surface area (Å²) >= 11 is 0. The largest absolute Gasteiger partial charge is 0.389 e. The molecule has 0 radical (unpaired) electrons. The van der Waals surface area contributed by atoms with Crippen LogP contribution in [0, 0.1) is 6.92 Å². The van der Waals surface area contributed by atoms with Gasteiger partial charge in [-0.1, -0.05) is 13.0 Å². The maximum absolute atomic E-state index is 11.9. The topological polar surface area (TPSA) is 12.9 Å². The van der Waals surface area contributed by atoms with Gasteiger partial charge in [-0.3, -0.25) is 4.98 Å². The van der Waals surface area contributed by atoms with Crippen LogP contribution in [0.15, 0.2) is 18.3 Å². The minimum absolute atomic E-state index is 0.135. The predicted molar refractivity (Wildman–Crippen MR) is 57.3 cm³/mol. The quantitative estimate of drug-likeness (QED) is 0.755. The van der Waals surface area contributed by atoms with Gasteiger partial charge in [0.1, 0.15) is 0 Å². The third-order valence-electron chi connectivity index (χ3n) is 2.60. The Labute approximate surface area is 93.7 Å². The van der Waals surface area contributed by atoms with Gasteiger partial charge in [-0.05, 0) is 37.3 Å². The summed E-state index contributed by atoms with van der Waals surface area (Å²) in [6.45, 7) is 3.82. The first-order valence-corrected chi connectivity index (χ1v) is 5.38. The highest BCUT2D eigenvalue weighted by molar-refractivity contribution is 5.16. The second-order valence-electron chi connectivity index (χ2n) is 4.14. The molecule has 0 saturated carbocycles. The second kappa shape index (κ2) is 5.32. The lowest BCUT2D eigenvalue weighted by molar-refractivity contribution is -0.135. The van der Waals surface area contributed by atoms with Crippen molar-refractivity contribution in [2.45, 2.75) is 45.2 Å². The van der Waals surface area contributed by atoms with Crippen molar-refractivity contribution in [3.05, 3.63) is 29.6 Å². The summed E-state index contributed by atoms with van der Waals surface area (Å²) < 4.78 is 35.8. The van der Waals surface area contributed by atoms with Crippen LogP contribution in [0.25, 0.3) is 0 Å². The Morgan fingerprint density at radius 3 is 2.50 bits per heavy atom. The molecule has 0 saturated heterocycles. The maximum atomic E-state index is 11.9.